The third-order valence-electron chi connectivity index (χ3n) is 2.44. The van der Waals surface area contributed by atoms with E-state index in [1.807, 2.05) is 60.7 Å². The van der Waals surface area contributed by atoms with Crippen molar-refractivity contribution >= 4 is 17.8 Å². The molecule has 0 atom stereocenters. The molecule has 2 N–H and O–H groups in total. The quantitative estimate of drug-likeness (QED) is 0.623. The van der Waals surface area contributed by atoms with Gasteiger partial charge < -0.3 is 5.73 Å². The van der Waals surface area contributed by atoms with Crippen molar-refractivity contribution in [3.63, 3.8) is 0 Å². The van der Waals surface area contributed by atoms with Gasteiger partial charge in [-0.05, 0) is 35.4 Å². The van der Waals surface area contributed by atoms with Gasteiger partial charge in [0.2, 0.25) is 0 Å². The average Bonchev–Trinajstić information content (AvgIpc) is 2.39. The Morgan fingerprint density at radius 1 is 0.824 bits per heavy atom. The fourth-order valence-corrected chi connectivity index (χ4v) is 1.47. The molecule has 0 amide bonds. The van der Waals surface area contributed by atoms with Gasteiger partial charge in [0.25, 0.3) is 0 Å². The molecular formula is C15H12N2. The summed E-state index contributed by atoms with van der Waals surface area (Å²) in [6, 6.07) is 17.2. The number of nitriles is 1. The molecule has 0 aliphatic heterocycles. The largest absolute Gasteiger partial charge is 0.399 e. The van der Waals surface area contributed by atoms with Gasteiger partial charge in [-0.2, -0.15) is 5.26 Å². The first-order valence-electron chi connectivity index (χ1n) is 5.32. The molecule has 0 radical (unpaired) electrons. The van der Waals surface area contributed by atoms with E-state index in [2.05, 4.69) is 6.07 Å². The van der Waals surface area contributed by atoms with Crippen molar-refractivity contribution in [1.82, 2.24) is 0 Å². The highest BCUT2D eigenvalue weighted by Crippen LogP contribution is 2.11. The predicted molar refractivity (Wildman–Crippen MR) is 70.9 cm³/mol. The molecule has 2 aromatic rings. The van der Waals surface area contributed by atoms with E-state index in [9.17, 15) is 0 Å². The molecular weight excluding hydrogens is 208 g/mol. The van der Waals surface area contributed by atoms with Gasteiger partial charge in [0.1, 0.15) is 0 Å². The Labute approximate surface area is 101 Å². The van der Waals surface area contributed by atoms with Crippen molar-refractivity contribution in [2.24, 2.45) is 0 Å². The zero-order valence-corrected chi connectivity index (χ0v) is 9.30. The summed E-state index contributed by atoms with van der Waals surface area (Å²) in [7, 11) is 0. The van der Waals surface area contributed by atoms with Crippen molar-refractivity contribution in [2.45, 2.75) is 0 Å². The van der Waals surface area contributed by atoms with E-state index in [4.69, 9.17) is 11.0 Å². The van der Waals surface area contributed by atoms with Gasteiger partial charge in [-0.15, -0.1) is 0 Å². The van der Waals surface area contributed by atoms with Crippen molar-refractivity contribution in [2.75, 3.05) is 5.73 Å². The van der Waals surface area contributed by atoms with Crippen LogP contribution < -0.4 is 5.73 Å². The molecule has 17 heavy (non-hydrogen) atoms. The molecule has 0 spiro atoms. The van der Waals surface area contributed by atoms with E-state index < -0.39 is 0 Å². The van der Waals surface area contributed by atoms with Crippen LogP contribution in [0, 0.1) is 11.3 Å². The third-order valence-corrected chi connectivity index (χ3v) is 2.44. The molecule has 0 heterocycles. The van der Waals surface area contributed by atoms with Crippen LogP contribution in [0.5, 0.6) is 0 Å². The minimum Gasteiger partial charge on any atom is -0.399 e. The molecule has 0 aromatic heterocycles. The first-order valence-corrected chi connectivity index (χ1v) is 5.32. The second-order valence-corrected chi connectivity index (χ2v) is 3.73. The number of rotatable bonds is 2. The third kappa shape index (κ3) is 2.96. The summed E-state index contributed by atoms with van der Waals surface area (Å²) in [6.07, 6.45) is 4.02. The lowest BCUT2D eigenvalue weighted by molar-refractivity contribution is 1.48. The fraction of sp³-hybridized carbons (Fsp3) is 0. The molecule has 2 aromatic carbocycles. The molecule has 0 unspecified atom stereocenters. The minimum absolute atomic E-state index is 0.676. The van der Waals surface area contributed by atoms with Crippen LogP contribution in [0.1, 0.15) is 16.7 Å². The molecule has 2 heteroatoms. The monoisotopic (exact) mass is 220 g/mol. The Morgan fingerprint density at radius 2 is 1.29 bits per heavy atom. The number of hydrogen-bond acceptors (Lipinski definition) is 2. The van der Waals surface area contributed by atoms with Gasteiger partial charge in [-0.25, -0.2) is 0 Å². The normalized spacial score (nSPS) is 10.3. The van der Waals surface area contributed by atoms with Crippen LogP contribution in [-0.2, 0) is 0 Å². The Bertz CT molecular complexity index is 557. The van der Waals surface area contributed by atoms with E-state index >= 15 is 0 Å². The predicted octanol–water partition coefficient (Wildman–Crippen LogP) is 3.31. The molecule has 0 aliphatic carbocycles. The zero-order valence-electron chi connectivity index (χ0n) is 9.30. The molecule has 82 valence electrons. The smallest absolute Gasteiger partial charge is 0.0991 e. The molecule has 0 aliphatic rings. The van der Waals surface area contributed by atoms with Gasteiger partial charge in [0.15, 0.2) is 0 Å². The van der Waals surface area contributed by atoms with Crippen molar-refractivity contribution in [3.05, 3.63) is 65.2 Å². The standard InChI is InChI=1S/C15H12N2/c16-11-14-5-3-12(4-6-14)1-2-13-7-9-15(17)10-8-13/h1-10H,17H2/b2-1+. The highest BCUT2D eigenvalue weighted by atomic mass is 14.5. The van der Waals surface area contributed by atoms with E-state index in [0.717, 1.165) is 16.8 Å². The van der Waals surface area contributed by atoms with Gasteiger partial charge in [0, 0.05) is 5.69 Å². The van der Waals surface area contributed by atoms with E-state index in [1.165, 1.54) is 0 Å². The lowest BCUT2D eigenvalue weighted by atomic mass is 10.1. The first-order chi connectivity index (χ1) is 8.28. The molecule has 0 bridgehead atoms. The summed E-state index contributed by atoms with van der Waals surface area (Å²) in [5, 5.41) is 8.68. The van der Waals surface area contributed by atoms with Gasteiger partial charge >= 0.3 is 0 Å². The van der Waals surface area contributed by atoms with Crippen molar-refractivity contribution in [3.8, 4) is 6.07 Å². The maximum absolute atomic E-state index is 8.68. The van der Waals surface area contributed by atoms with Crippen LogP contribution in [0.2, 0.25) is 0 Å². The zero-order chi connectivity index (χ0) is 12.1. The van der Waals surface area contributed by atoms with Crippen molar-refractivity contribution in [1.29, 1.82) is 5.26 Å². The summed E-state index contributed by atoms with van der Waals surface area (Å²) in [4.78, 5) is 0. The second-order valence-electron chi connectivity index (χ2n) is 3.73. The maximum atomic E-state index is 8.68. The Kier molecular flexibility index (Phi) is 3.23. The summed E-state index contributed by atoms with van der Waals surface area (Å²) >= 11 is 0. The average molecular weight is 220 g/mol. The number of nitrogen functional groups attached to an aromatic ring is 1. The SMILES string of the molecule is N#Cc1ccc(/C=C/c2ccc(N)cc2)cc1. The van der Waals surface area contributed by atoms with Gasteiger partial charge in [-0.3, -0.25) is 0 Å². The van der Waals surface area contributed by atoms with Crippen LogP contribution in [0.3, 0.4) is 0 Å². The van der Waals surface area contributed by atoms with Crippen LogP contribution in [0.4, 0.5) is 5.69 Å². The topological polar surface area (TPSA) is 49.8 Å². The Hall–Kier alpha value is -2.53. The second kappa shape index (κ2) is 5.00. The number of nitrogens with two attached hydrogens (primary N) is 1. The van der Waals surface area contributed by atoms with E-state index in [1.54, 1.807) is 0 Å². The lowest BCUT2D eigenvalue weighted by Gasteiger charge is -1.96. The molecule has 2 nitrogen and oxygen atoms in total. The van der Waals surface area contributed by atoms with Crippen LogP contribution in [-0.4, -0.2) is 0 Å². The van der Waals surface area contributed by atoms with Crippen LogP contribution >= 0.6 is 0 Å². The van der Waals surface area contributed by atoms with Gasteiger partial charge in [-0.1, -0.05) is 36.4 Å². The number of nitrogens with zero attached hydrogens (tertiary/aromatic N) is 1. The molecule has 2 rings (SSSR count). The molecule has 0 saturated heterocycles. The Morgan fingerprint density at radius 3 is 1.76 bits per heavy atom. The van der Waals surface area contributed by atoms with Crippen molar-refractivity contribution < 1.29 is 0 Å². The minimum atomic E-state index is 0.676. The highest BCUT2D eigenvalue weighted by molar-refractivity contribution is 5.70. The molecule has 0 saturated carbocycles. The lowest BCUT2D eigenvalue weighted by Crippen LogP contribution is -1.82. The molecule has 0 fully saturated rings. The van der Waals surface area contributed by atoms with Crippen LogP contribution in [0.25, 0.3) is 12.2 Å². The summed E-state index contributed by atoms with van der Waals surface area (Å²) < 4.78 is 0. The summed E-state index contributed by atoms with van der Waals surface area (Å²) in [6.45, 7) is 0. The number of benzene rings is 2. The first kappa shape index (κ1) is 11.0. The summed E-state index contributed by atoms with van der Waals surface area (Å²) in [5.74, 6) is 0. The van der Waals surface area contributed by atoms with Crippen LogP contribution in [0.15, 0.2) is 48.5 Å². The number of hydrogen-bond donors (Lipinski definition) is 1. The maximum Gasteiger partial charge on any atom is 0.0991 e. The summed E-state index contributed by atoms with van der Waals surface area (Å²) in [5.41, 5.74) is 9.22. The fourth-order valence-electron chi connectivity index (χ4n) is 1.47. The van der Waals surface area contributed by atoms with Gasteiger partial charge in [0.05, 0.1) is 11.6 Å². The highest BCUT2D eigenvalue weighted by Gasteiger charge is 1.90. The number of anilines is 1. The Balaban J connectivity index is 2.14. The van der Waals surface area contributed by atoms with E-state index in [0.29, 0.717) is 5.56 Å². The van der Waals surface area contributed by atoms with E-state index in [-0.39, 0.29) is 0 Å².